The third kappa shape index (κ3) is 3.20. The van der Waals surface area contributed by atoms with Crippen molar-refractivity contribution in [2.45, 2.75) is 39.2 Å². The Hall–Kier alpha value is -1.10. The summed E-state index contributed by atoms with van der Waals surface area (Å²) < 4.78 is 0. The number of hydrogen-bond donors (Lipinski definition) is 2. The summed E-state index contributed by atoms with van der Waals surface area (Å²) in [5, 5.41) is 4.32. The SMILES string of the molecule is Cc1nc(CCN=C(N)NC2CC2)sc1C. The summed E-state index contributed by atoms with van der Waals surface area (Å²) in [7, 11) is 0. The minimum atomic E-state index is 0.576. The van der Waals surface area contributed by atoms with Crippen LogP contribution in [0.4, 0.5) is 0 Å². The first-order valence-electron chi connectivity index (χ1n) is 5.64. The van der Waals surface area contributed by atoms with Gasteiger partial charge >= 0.3 is 0 Å². The predicted molar refractivity (Wildman–Crippen MR) is 67.9 cm³/mol. The van der Waals surface area contributed by atoms with E-state index >= 15 is 0 Å². The van der Waals surface area contributed by atoms with Crippen molar-refractivity contribution >= 4 is 17.3 Å². The van der Waals surface area contributed by atoms with Crippen LogP contribution in [0.2, 0.25) is 0 Å². The number of nitrogens with zero attached hydrogens (tertiary/aromatic N) is 2. The van der Waals surface area contributed by atoms with Gasteiger partial charge in [-0.1, -0.05) is 0 Å². The smallest absolute Gasteiger partial charge is 0.188 e. The van der Waals surface area contributed by atoms with Gasteiger partial charge in [0.1, 0.15) is 0 Å². The van der Waals surface area contributed by atoms with E-state index in [1.807, 2.05) is 6.92 Å². The molecule has 0 amide bonds. The molecule has 1 aromatic rings. The maximum Gasteiger partial charge on any atom is 0.188 e. The summed E-state index contributed by atoms with van der Waals surface area (Å²) in [4.78, 5) is 10.1. The number of hydrogen-bond acceptors (Lipinski definition) is 3. The summed E-state index contributed by atoms with van der Waals surface area (Å²) in [6, 6.07) is 0.577. The Balaban J connectivity index is 1.77. The molecule has 1 aromatic heterocycles. The van der Waals surface area contributed by atoms with Crippen molar-refractivity contribution in [1.29, 1.82) is 0 Å². The number of aryl methyl sites for hydroxylation is 2. The lowest BCUT2D eigenvalue weighted by molar-refractivity contribution is 0.867. The van der Waals surface area contributed by atoms with Crippen LogP contribution in [-0.4, -0.2) is 23.5 Å². The van der Waals surface area contributed by atoms with Gasteiger partial charge in [-0.2, -0.15) is 0 Å². The van der Waals surface area contributed by atoms with Gasteiger partial charge in [-0.3, -0.25) is 4.99 Å². The molecule has 1 fully saturated rings. The van der Waals surface area contributed by atoms with E-state index in [4.69, 9.17) is 5.73 Å². The Kier molecular flexibility index (Phi) is 3.43. The molecule has 1 saturated carbocycles. The van der Waals surface area contributed by atoms with Gasteiger partial charge in [-0.15, -0.1) is 11.3 Å². The fourth-order valence-electron chi connectivity index (χ4n) is 1.40. The standard InChI is InChI=1S/C11H18N4S/c1-7-8(2)16-10(14-7)5-6-13-11(12)15-9-3-4-9/h9H,3-6H2,1-2H3,(H3,12,13,15). The molecule has 0 radical (unpaired) electrons. The van der Waals surface area contributed by atoms with Gasteiger partial charge in [0.05, 0.1) is 10.7 Å². The highest BCUT2D eigenvalue weighted by Crippen LogP contribution is 2.18. The van der Waals surface area contributed by atoms with E-state index in [0.29, 0.717) is 12.0 Å². The van der Waals surface area contributed by atoms with E-state index in [2.05, 4.69) is 22.2 Å². The zero-order valence-electron chi connectivity index (χ0n) is 9.79. The number of guanidine groups is 1. The molecule has 1 heterocycles. The lowest BCUT2D eigenvalue weighted by Gasteiger charge is -2.01. The van der Waals surface area contributed by atoms with Gasteiger partial charge < -0.3 is 11.1 Å². The Bertz CT molecular complexity index is 373. The second-order valence-corrected chi connectivity index (χ2v) is 5.47. The molecular formula is C11H18N4S. The number of thiazole rings is 1. The second-order valence-electron chi connectivity index (χ2n) is 4.18. The first-order valence-corrected chi connectivity index (χ1v) is 6.46. The second kappa shape index (κ2) is 4.82. The lowest BCUT2D eigenvalue weighted by Crippen LogP contribution is -2.33. The van der Waals surface area contributed by atoms with Gasteiger partial charge in [0.2, 0.25) is 0 Å². The molecule has 1 aliphatic carbocycles. The molecule has 0 aliphatic heterocycles. The first kappa shape index (κ1) is 11.4. The summed E-state index contributed by atoms with van der Waals surface area (Å²) >= 11 is 1.75. The highest BCUT2D eigenvalue weighted by Gasteiger charge is 2.21. The molecule has 88 valence electrons. The Morgan fingerprint density at radius 1 is 1.56 bits per heavy atom. The van der Waals surface area contributed by atoms with E-state index in [-0.39, 0.29) is 0 Å². The molecule has 0 spiro atoms. The van der Waals surface area contributed by atoms with Gasteiger partial charge in [0.25, 0.3) is 0 Å². The fraction of sp³-hybridized carbons (Fsp3) is 0.636. The van der Waals surface area contributed by atoms with Crippen LogP contribution in [0.25, 0.3) is 0 Å². The lowest BCUT2D eigenvalue weighted by atomic mass is 10.4. The Morgan fingerprint density at radius 3 is 2.88 bits per heavy atom. The molecule has 4 nitrogen and oxygen atoms in total. The molecule has 0 aromatic carbocycles. The zero-order valence-corrected chi connectivity index (χ0v) is 10.6. The molecule has 0 atom stereocenters. The van der Waals surface area contributed by atoms with Crippen molar-refractivity contribution in [3.63, 3.8) is 0 Å². The van der Waals surface area contributed by atoms with E-state index in [1.54, 1.807) is 11.3 Å². The van der Waals surface area contributed by atoms with Crippen LogP contribution in [-0.2, 0) is 6.42 Å². The molecule has 3 N–H and O–H groups in total. The van der Waals surface area contributed by atoms with E-state index in [0.717, 1.165) is 23.7 Å². The van der Waals surface area contributed by atoms with Gasteiger partial charge in [0, 0.05) is 23.9 Å². The first-order chi connectivity index (χ1) is 7.65. The minimum absolute atomic E-state index is 0.576. The van der Waals surface area contributed by atoms with Crippen molar-refractivity contribution in [3.8, 4) is 0 Å². The summed E-state index contributed by atoms with van der Waals surface area (Å²) in [6.45, 7) is 4.86. The van der Waals surface area contributed by atoms with E-state index < -0.39 is 0 Å². The van der Waals surface area contributed by atoms with Crippen molar-refractivity contribution in [1.82, 2.24) is 10.3 Å². The average Bonchev–Trinajstić information content (AvgIpc) is 2.95. The normalized spacial score (nSPS) is 16.5. The van der Waals surface area contributed by atoms with Crippen LogP contribution >= 0.6 is 11.3 Å². The monoisotopic (exact) mass is 238 g/mol. The minimum Gasteiger partial charge on any atom is -0.370 e. The van der Waals surface area contributed by atoms with Crippen molar-refractivity contribution in [3.05, 3.63) is 15.6 Å². The van der Waals surface area contributed by atoms with E-state index in [1.165, 1.54) is 17.7 Å². The summed E-state index contributed by atoms with van der Waals surface area (Å²) in [5.74, 6) is 0.576. The number of aliphatic imine (C=N–C) groups is 1. The number of nitrogens with one attached hydrogen (secondary N) is 1. The van der Waals surface area contributed by atoms with Crippen LogP contribution in [0.5, 0.6) is 0 Å². The molecule has 16 heavy (non-hydrogen) atoms. The third-order valence-corrected chi connectivity index (χ3v) is 3.74. The predicted octanol–water partition coefficient (Wildman–Crippen LogP) is 1.37. The molecule has 0 bridgehead atoms. The maximum atomic E-state index is 5.74. The Labute approximate surface area is 100.0 Å². The van der Waals surface area contributed by atoms with Crippen LogP contribution in [0.3, 0.4) is 0 Å². The number of aromatic nitrogens is 1. The van der Waals surface area contributed by atoms with Crippen molar-refractivity contribution in [2.24, 2.45) is 10.7 Å². The molecular weight excluding hydrogens is 220 g/mol. The maximum absolute atomic E-state index is 5.74. The zero-order chi connectivity index (χ0) is 11.5. The Morgan fingerprint density at radius 2 is 2.31 bits per heavy atom. The van der Waals surface area contributed by atoms with Crippen molar-refractivity contribution < 1.29 is 0 Å². The fourth-order valence-corrected chi connectivity index (χ4v) is 2.32. The summed E-state index contributed by atoms with van der Waals surface area (Å²) in [6.07, 6.45) is 3.33. The van der Waals surface area contributed by atoms with Crippen LogP contribution in [0, 0.1) is 13.8 Å². The molecule has 0 unspecified atom stereocenters. The van der Waals surface area contributed by atoms with Gasteiger partial charge in [-0.05, 0) is 26.7 Å². The van der Waals surface area contributed by atoms with Gasteiger partial charge in [-0.25, -0.2) is 4.98 Å². The van der Waals surface area contributed by atoms with Crippen LogP contribution in [0.15, 0.2) is 4.99 Å². The van der Waals surface area contributed by atoms with E-state index in [9.17, 15) is 0 Å². The topological polar surface area (TPSA) is 63.3 Å². The van der Waals surface area contributed by atoms with Crippen LogP contribution < -0.4 is 11.1 Å². The number of rotatable bonds is 4. The molecule has 1 aliphatic rings. The highest BCUT2D eigenvalue weighted by molar-refractivity contribution is 7.11. The highest BCUT2D eigenvalue weighted by atomic mass is 32.1. The summed E-state index contributed by atoms with van der Waals surface area (Å²) in [5.41, 5.74) is 6.87. The average molecular weight is 238 g/mol. The molecule has 5 heteroatoms. The third-order valence-electron chi connectivity index (χ3n) is 2.61. The largest absolute Gasteiger partial charge is 0.370 e. The quantitative estimate of drug-likeness (QED) is 0.615. The molecule has 0 saturated heterocycles. The van der Waals surface area contributed by atoms with Crippen molar-refractivity contribution in [2.75, 3.05) is 6.54 Å². The molecule has 2 rings (SSSR count). The van der Waals surface area contributed by atoms with Gasteiger partial charge in [0.15, 0.2) is 5.96 Å². The van der Waals surface area contributed by atoms with Crippen LogP contribution in [0.1, 0.15) is 28.4 Å². The number of nitrogens with two attached hydrogens (primary N) is 1.